The number of amides is 1. The number of morpholine rings is 1. The average Bonchev–Trinajstić information content (AvgIpc) is 2.88. The molecule has 0 aromatic carbocycles. The lowest BCUT2D eigenvalue weighted by atomic mass is 10.0. The molecule has 14 heavy (non-hydrogen) atoms. The Morgan fingerprint density at radius 2 is 2.43 bits per heavy atom. The van der Waals surface area contributed by atoms with Gasteiger partial charge in [-0.1, -0.05) is 19.1 Å². The van der Waals surface area contributed by atoms with Crippen LogP contribution in [0.2, 0.25) is 0 Å². The molecule has 0 aromatic rings. The molecule has 0 aromatic heterocycles. The molecule has 78 valence electrons. The van der Waals surface area contributed by atoms with E-state index >= 15 is 0 Å². The van der Waals surface area contributed by atoms with Crippen molar-refractivity contribution >= 4 is 5.91 Å². The van der Waals surface area contributed by atoms with Gasteiger partial charge in [0.25, 0.3) is 5.91 Å². The summed E-state index contributed by atoms with van der Waals surface area (Å²) < 4.78 is 5.05. The molecule has 3 atom stereocenters. The number of hydrogen-bond donors (Lipinski definition) is 2. The summed E-state index contributed by atoms with van der Waals surface area (Å²) in [6.07, 6.45) is 5.63. The molecule has 0 radical (unpaired) electrons. The average molecular weight is 197 g/mol. The number of aliphatic hydroxyl groups is 1. The topological polar surface area (TPSA) is 61.9 Å². The Balaban J connectivity index is 1.85. The maximum Gasteiger partial charge on any atom is 0.254 e. The molecule has 0 bridgehead atoms. The molecule has 4 heteroatoms. The highest BCUT2D eigenvalue weighted by Gasteiger charge is 2.64. The smallest absolute Gasteiger partial charge is 0.254 e. The third-order valence-electron chi connectivity index (χ3n) is 2.65. The molecule has 4 nitrogen and oxygen atoms in total. The van der Waals surface area contributed by atoms with Crippen LogP contribution in [-0.2, 0) is 9.53 Å². The van der Waals surface area contributed by atoms with Crippen LogP contribution in [0.3, 0.4) is 0 Å². The minimum atomic E-state index is -1.13. The zero-order chi connectivity index (χ0) is 10.2. The van der Waals surface area contributed by atoms with Gasteiger partial charge in [0.15, 0.2) is 11.8 Å². The summed E-state index contributed by atoms with van der Waals surface area (Å²) in [5, 5.41) is 12.5. The van der Waals surface area contributed by atoms with Crippen LogP contribution in [-0.4, -0.2) is 28.9 Å². The van der Waals surface area contributed by atoms with Crippen molar-refractivity contribution in [2.75, 3.05) is 0 Å². The van der Waals surface area contributed by atoms with E-state index in [4.69, 9.17) is 4.74 Å². The Hall–Kier alpha value is -0.870. The SMILES string of the molecule is CC/C=C/CC[C@]1(O)NC(=O)[C@@H]2O[C@@H]21. The van der Waals surface area contributed by atoms with E-state index in [1.54, 1.807) is 0 Å². The number of nitrogens with one attached hydrogen (secondary N) is 1. The van der Waals surface area contributed by atoms with Crippen molar-refractivity contribution in [1.82, 2.24) is 5.32 Å². The Labute approximate surface area is 82.9 Å². The second kappa shape index (κ2) is 3.37. The second-order valence-corrected chi connectivity index (χ2v) is 3.81. The van der Waals surface area contributed by atoms with Crippen LogP contribution < -0.4 is 5.32 Å². The monoisotopic (exact) mass is 197 g/mol. The van der Waals surface area contributed by atoms with Crippen molar-refractivity contribution in [3.63, 3.8) is 0 Å². The van der Waals surface area contributed by atoms with E-state index in [1.165, 1.54) is 0 Å². The Morgan fingerprint density at radius 1 is 1.64 bits per heavy atom. The first-order valence-corrected chi connectivity index (χ1v) is 5.02. The lowest BCUT2D eigenvalue weighted by Gasteiger charge is -2.22. The van der Waals surface area contributed by atoms with E-state index < -0.39 is 11.8 Å². The highest BCUT2D eigenvalue weighted by atomic mass is 16.6. The number of fused-ring (bicyclic) bond motifs is 1. The van der Waals surface area contributed by atoms with E-state index in [0.29, 0.717) is 6.42 Å². The first-order chi connectivity index (χ1) is 6.67. The van der Waals surface area contributed by atoms with Crippen LogP contribution in [0.5, 0.6) is 0 Å². The zero-order valence-electron chi connectivity index (χ0n) is 8.19. The van der Waals surface area contributed by atoms with E-state index in [-0.39, 0.29) is 12.0 Å². The number of allylic oxidation sites excluding steroid dienone is 2. The molecule has 2 N–H and O–H groups in total. The fraction of sp³-hybridized carbons (Fsp3) is 0.700. The maximum absolute atomic E-state index is 11.1. The Kier molecular flexibility index (Phi) is 2.33. The third kappa shape index (κ3) is 1.55. The number of epoxide rings is 1. The van der Waals surface area contributed by atoms with Crippen LogP contribution >= 0.6 is 0 Å². The molecule has 2 aliphatic heterocycles. The molecule has 2 fully saturated rings. The first kappa shape index (κ1) is 9.68. The van der Waals surface area contributed by atoms with Crippen LogP contribution in [0.1, 0.15) is 26.2 Å². The number of rotatable bonds is 4. The highest BCUT2D eigenvalue weighted by molar-refractivity contribution is 5.88. The van der Waals surface area contributed by atoms with Gasteiger partial charge >= 0.3 is 0 Å². The van der Waals surface area contributed by atoms with E-state index in [9.17, 15) is 9.90 Å². The molecular weight excluding hydrogens is 182 g/mol. The van der Waals surface area contributed by atoms with Crippen LogP contribution in [0.15, 0.2) is 12.2 Å². The van der Waals surface area contributed by atoms with Gasteiger partial charge in [-0.05, 0) is 12.8 Å². The highest BCUT2D eigenvalue weighted by Crippen LogP contribution is 2.39. The van der Waals surface area contributed by atoms with Gasteiger partial charge in [-0.3, -0.25) is 4.79 Å². The number of ether oxygens (including phenoxy) is 1. The van der Waals surface area contributed by atoms with E-state index in [1.807, 2.05) is 12.2 Å². The van der Waals surface area contributed by atoms with Crippen molar-refractivity contribution in [1.29, 1.82) is 0 Å². The van der Waals surface area contributed by atoms with Gasteiger partial charge < -0.3 is 15.2 Å². The number of carbonyl (C=O) groups excluding carboxylic acids is 1. The van der Waals surface area contributed by atoms with Crippen molar-refractivity contribution in [2.24, 2.45) is 0 Å². The van der Waals surface area contributed by atoms with E-state index in [0.717, 1.165) is 12.8 Å². The minimum Gasteiger partial charge on any atom is -0.368 e. The summed E-state index contributed by atoms with van der Waals surface area (Å²) in [4.78, 5) is 11.1. The summed E-state index contributed by atoms with van der Waals surface area (Å²) in [5.74, 6) is -0.183. The molecule has 2 heterocycles. The Morgan fingerprint density at radius 3 is 2.93 bits per heavy atom. The molecule has 0 saturated carbocycles. The summed E-state index contributed by atoms with van der Waals surface area (Å²) in [6.45, 7) is 2.06. The third-order valence-corrected chi connectivity index (χ3v) is 2.65. The summed E-state index contributed by atoms with van der Waals surface area (Å²) >= 11 is 0. The predicted molar refractivity (Wildman–Crippen MR) is 50.4 cm³/mol. The largest absolute Gasteiger partial charge is 0.368 e. The standard InChI is InChI=1S/C10H15NO3/c1-2-3-4-5-6-10(13)8-7(14-8)9(12)11-10/h3-4,7-8,13H,2,5-6H2,1H3,(H,11,12)/b4-3+/t7-,8+,10-/m1/s1. The summed E-state index contributed by atoms with van der Waals surface area (Å²) in [6, 6.07) is 0. The second-order valence-electron chi connectivity index (χ2n) is 3.81. The van der Waals surface area contributed by atoms with Gasteiger partial charge in [0.1, 0.15) is 6.10 Å². The lowest BCUT2D eigenvalue weighted by molar-refractivity contribution is -0.129. The van der Waals surface area contributed by atoms with Crippen molar-refractivity contribution in [2.45, 2.75) is 44.1 Å². The van der Waals surface area contributed by atoms with Crippen molar-refractivity contribution in [3.05, 3.63) is 12.2 Å². The van der Waals surface area contributed by atoms with Gasteiger partial charge in [0.2, 0.25) is 0 Å². The molecule has 0 spiro atoms. The van der Waals surface area contributed by atoms with Crippen LogP contribution in [0.25, 0.3) is 0 Å². The summed E-state index contributed by atoms with van der Waals surface area (Å²) in [5.41, 5.74) is -1.13. The summed E-state index contributed by atoms with van der Waals surface area (Å²) in [7, 11) is 0. The van der Waals surface area contributed by atoms with E-state index in [2.05, 4.69) is 12.2 Å². The van der Waals surface area contributed by atoms with Crippen molar-refractivity contribution in [3.8, 4) is 0 Å². The molecule has 0 unspecified atom stereocenters. The lowest BCUT2D eigenvalue weighted by Crippen LogP contribution is -2.47. The normalized spacial score (nSPS) is 40.0. The first-order valence-electron chi connectivity index (χ1n) is 5.02. The number of carbonyl (C=O) groups is 1. The van der Waals surface area contributed by atoms with Gasteiger partial charge in [0.05, 0.1) is 0 Å². The molecular formula is C10H15NO3. The van der Waals surface area contributed by atoms with Gasteiger partial charge in [-0.25, -0.2) is 0 Å². The quantitative estimate of drug-likeness (QED) is 0.504. The fourth-order valence-electron chi connectivity index (χ4n) is 1.82. The predicted octanol–water partition coefficient (Wildman–Crippen LogP) is 0.319. The molecule has 0 aliphatic carbocycles. The van der Waals surface area contributed by atoms with Crippen LogP contribution in [0, 0.1) is 0 Å². The van der Waals surface area contributed by atoms with Crippen molar-refractivity contribution < 1.29 is 14.6 Å². The minimum absolute atomic E-state index is 0.183. The Bertz CT molecular complexity index is 277. The van der Waals surface area contributed by atoms with Crippen LogP contribution in [0.4, 0.5) is 0 Å². The van der Waals surface area contributed by atoms with Gasteiger partial charge in [-0.15, -0.1) is 0 Å². The molecule has 2 aliphatic rings. The zero-order valence-corrected chi connectivity index (χ0v) is 8.19. The number of hydrogen-bond acceptors (Lipinski definition) is 3. The maximum atomic E-state index is 11.1. The molecule has 2 saturated heterocycles. The molecule has 2 rings (SSSR count). The van der Waals surface area contributed by atoms with Gasteiger partial charge in [-0.2, -0.15) is 0 Å². The molecule has 1 amide bonds. The van der Waals surface area contributed by atoms with Gasteiger partial charge in [0, 0.05) is 6.42 Å². The fourth-order valence-corrected chi connectivity index (χ4v) is 1.82.